The first-order valence-electron chi connectivity index (χ1n) is 10.2. The van der Waals surface area contributed by atoms with E-state index in [-0.39, 0.29) is 0 Å². The van der Waals surface area contributed by atoms with E-state index in [2.05, 4.69) is 101 Å². The van der Waals surface area contributed by atoms with Gasteiger partial charge in [0.05, 0.1) is 6.33 Å². The van der Waals surface area contributed by atoms with Gasteiger partial charge in [-0.1, -0.05) is 91.0 Å². The Balaban J connectivity index is 1.84. The molecule has 0 aliphatic heterocycles. The highest BCUT2D eigenvalue weighted by Gasteiger charge is 2.45. The number of hydrogen-bond donors (Lipinski definition) is 1. The molecule has 0 saturated heterocycles. The van der Waals surface area contributed by atoms with E-state index in [0.29, 0.717) is 11.8 Å². The second-order valence-electron chi connectivity index (χ2n) is 7.83. The predicted octanol–water partition coefficient (Wildman–Crippen LogP) is 4.79. The zero-order valence-electron chi connectivity index (χ0n) is 16.4. The van der Waals surface area contributed by atoms with Gasteiger partial charge in [0, 0.05) is 17.8 Å². The van der Waals surface area contributed by atoms with Crippen LogP contribution in [0.15, 0.2) is 104 Å². The SMILES string of the molecule is NCC1CC1c1cncn1C(c1ccccc1)(c1ccccc1)c1ccccc1. The molecule has 1 fully saturated rings. The average Bonchev–Trinajstić information content (AvgIpc) is 3.43. The lowest BCUT2D eigenvalue weighted by atomic mass is 9.76. The molecule has 1 heterocycles. The lowest BCUT2D eigenvalue weighted by Crippen LogP contribution is -2.38. The summed E-state index contributed by atoms with van der Waals surface area (Å²) in [4.78, 5) is 4.62. The Morgan fingerprint density at radius 2 is 1.28 bits per heavy atom. The third kappa shape index (κ3) is 2.90. The number of benzene rings is 3. The van der Waals surface area contributed by atoms with Crippen LogP contribution in [0.2, 0.25) is 0 Å². The van der Waals surface area contributed by atoms with Crippen molar-refractivity contribution in [3.8, 4) is 0 Å². The fourth-order valence-electron chi connectivity index (χ4n) is 4.69. The van der Waals surface area contributed by atoms with Crippen molar-refractivity contribution in [3.05, 3.63) is 126 Å². The van der Waals surface area contributed by atoms with E-state index in [0.717, 1.165) is 13.0 Å². The van der Waals surface area contributed by atoms with Crippen molar-refractivity contribution in [1.29, 1.82) is 0 Å². The van der Waals surface area contributed by atoms with Gasteiger partial charge in [0.15, 0.2) is 0 Å². The van der Waals surface area contributed by atoms with Crippen molar-refractivity contribution in [1.82, 2.24) is 9.55 Å². The molecule has 0 radical (unpaired) electrons. The van der Waals surface area contributed by atoms with Gasteiger partial charge in [-0.2, -0.15) is 0 Å². The normalized spacial score (nSPS) is 18.5. The topological polar surface area (TPSA) is 43.8 Å². The van der Waals surface area contributed by atoms with E-state index in [4.69, 9.17) is 5.73 Å². The van der Waals surface area contributed by atoms with Crippen LogP contribution in [0.5, 0.6) is 0 Å². The quantitative estimate of drug-likeness (QED) is 0.490. The average molecular weight is 380 g/mol. The highest BCUT2D eigenvalue weighted by molar-refractivity contribution is 5.51. The molecule has 3 heteroatoms. The molecular weight excluding hydrogens is 354 g/mol. The number of nitrogens with two attached hydrogens (primary N) is 1. The Kier molecular flexibility index (Phi) is 4.53. The molecule has 1 aliphatic carbocycles. The fraction of sp³-hybridized carbons (Fsp3) is 0.192. The molecule has 2 atom stereocenters. The van der Waals surface area contributed by atoms with Crippen molar-refractivity contribution in [3.63, 3.8) is 0 Å². The van der Waals surface area contributed by atoms with E-state index in [1.807, 2.05) is 12.5 Å². The van der Waals surface area contributed by atoms with E-state index >= 15 is 0 Å². The van der Waals surface area contributed by atoms with Crippen molar-refractivity contribution >= 4 is 0 Å². The van der Waals surface area contributed by atoms with Crippen LogP contribution < -0.4 is 5.73 Å². The zero-order valence-corrected chi connectivity index (χ0v) is 16.4. The monoisotopic (exact) mass is 379 g/mol. The van der Waals surface area contributed by atoms with Crippen molar-refractivity contribution in [2.24, 2.45) is 11.7 Å². The highest BCUT2D eigenvalue weighted by Crippen LogP contribution is 2.50. The van der Waals surface area contributed by atoms with Gasteiger partial charge < -0.3 is 10.3 Å². The van der Waals surface area contributed by atoms with Crippen LogP contribution in [-0.2, 0) is 5.54 Å². The van der Waals surface area contributed by atoms with Gasteiger partial charge in [0.1, 0.15) is 5.54 Å². The zero-order chi connectivity index (χ0) is 19.7. The Morgan fingerprint density at radius 3 is 1.69 bits per heavy atom. The molecule has 0 bridgehead atoms. The predicted molar refractivity (Wildman–Crippen MR) is 117 cm³/mol. The minimum absolute atomic E-state index is 0.470. The van der Waals surface area contributed by atoms with E-state index in [9.17, 15) is 0 Å². The van der Waals surface area contributed by atoms with Gasteiger partial charge in [-0.05, 0) is 35.6 Å². The van der Waals surface area contributed by atoms with Gasteiger partial charge in [-0.3, -0.25) is 0 Å². The summed E-state index contributed by atoms with van der Waals surface area (Å²) in [6.45, 7) is 0.727. The second kappa shape index (κ2) is 7.34. The molecule has 5 rings (SSSR count). The fourth-order valence-corrected chi connectivity index (χ4v) is 4.69. The third-order valence-corrected chi connectivity index (χ3v) is 6.21. The largest absolute Gasteiger partial charge is 0.330 e. The smallest absolute Gasteiger partial charge is 0.121 e. The summed E-state index contributed by atoms with van der Waals surface area (Å²) in [5, 5.41) is 0. The van der Waals surface area contributed by atoms with Crippen LogP contribution in [0.25, 0.3) is 0 Å². The molecule has 2 N–H and O–H groups in total. The molecular formula is C26H25N3. The van der Waals surface area contributed by atoms with Crippen LogP contribution in [0.1, 0.15) is 34.7 Å². The van der Waals surface area contributed by atoms with Crippen LogP contribution in [0.4, 0.5) is 0 Å². The third-order valence-electron chi connectivity index (χ3n) is 6.21. The second-order valence-corrected chi connectivity index (χ2v) is 7.83. The van der Waals surface area contributed by atoms with Crippen molar-refractivity contribution in [2.75, 3.05) is 6.54 Å². The first-order valence-corrected chi connectivity index (χ1v) is 10.2. The Labute approximate surface area is 171 Å². The summed E-state index contributed by atoms with van der Waals surface area (Å²) >= 11 is 0. The summed E-state index contributed by atoms with van der Waals surface area (Å²) in [5.41, 5.74) is 10.4. The molecule has 1 aromatic heterocycles. The van der Waals surface area contributed by atoms with Gasteiger partial charge in [0.2, 0.25) is 0 Å². The van der Waals surface area contributed by atoms with E-state index in [1.54, 1.807) is 0 Å². The maximum Gasteiger partial charge on any atom is 0.121 e. The number of rotatable bonds is 6. The van der Waals surface area contributed by atoms with Gasteiger partial charge in [0.25, 0.3) is 0 Å². The number of imidazole rings is 1. The highest BCUT2D eigenvalue weighted by atomic mass is 15.1. The molecule has 2 unspecified atom stereocenters. The van der Waals surface area contributed by atoms with Crippen LogP contribution in [0.3, 0.4) is 0 Å². The van der Waals surface area contributed by atoms with E-state index in [1.165, 1.54) is 22.4 Å². The first kappa shape index (κ1) is 17.9. The molecule has 1 aliphatic rings. The lowest BCUT2D eigenvalue weighted by Gasteiger charge is -2.38. The molecule has 4 aromatic rings. The molecule has 3 aromatic carbocycles. The number of hydrogen-bond acceptors (Lipinski definition) is 2. The minimum atomic E-state index is -0.489. The standard InChI is InChI=1S/C26H25N3/c27-17-20-16-24(20)25-18-28-19-29(25)26(21-10-4-1-5-11-21,22-12-6-2-7-13-22)23-14-8-3-9-15-23/h1-15,18-20,24H,16-17,27H2. The van der Waals surface area contributed by atoms with Gasteiger partial charge in [-0.25, -0.2) is 4.98 Å². The summed E-state index contributed by atoms with van der Waals surface area (Å²) in [6.07, 6.45) is 5.16. The summed E-state index contributed by atoms with van der Waals surface area (Å²) in [7, 11) is 0. The number of nitrogens with zero attached hydrogens (tertiary/aromatic N) is 2. The van der Waals surface area contributed by atoms with Crippen LogP contribution in [-0.4, -0.2) is 16.1 Å². The molecule has 144 valence electrons. The Bertz CT molecular complexity index is 974. The minimum Gasteiger partial charge on any atom is -0.330 e. The molecule has 29 heavy (non-hydrogen) atoms. The summed E-state index contributed by atoms with van der Waals surface area (Å²) in [6, 6.07) is 32.2. The molecule has 1 saturated carbocycles. The van der Waals surface area contributed by atoms with Crippen molar-refractivity contribution < 1.29 is 0 Å². The van der Waals surface area contributed by atoms with Gasteiger partial charge >= 0.3 is 0 Å². The number of aromatic nitrogens is 2. The Morgan fingerprint density at radius 1 is 0.793 bits per heavy atom. The maximum absolute atomic E-state index is 5.99. The first-order chi connectivity index (χ1) is 14.4. The molecule has 3 nitrogen and oxygen atoms in total. The lowest BCUT2D eigenvalue weighted by molar-refractivity contribution is 0.493. The van der Waals surface area contributed by atoms with E-state index < -0.39 is 5.54 Å². The maximum atomic E-state index is 5.99. The summed E-state index contributed by atoms with van der Waals surface area (Å²) in [5.74, 6) is 1.02. The Hall–Kier alpha value is -3.17. The van der Waals surface area contributed by atoms with Crippen molar-refractivity contribution in [2.45, 2.75) is 17.9 Å². The van der Waals surface area contributed by atoms with Crippen LogP contribution in [0, 0.1) is 5.92 Å². The van der Waals surface area contributed by atoms with Crippen LogP contribution >= 0.6 is 0 Å². The molecule has 0 spiro atoms. The summed E-state index contributed by atoms with van der Waals surface area (Å²) < 4.78 is 2.38. The molecule has 0 amide bonds. The van der Waals surface area contributed by atoms with Gasteiger partial charge in [-0.15, -0.1) is 0 Å².